The lowest BCUT2D eigenvalue weighted by atomic mass is 10.0. The quantitative estimate of drug-likeness (QED) is 0.779. The Hall–Kier alpha value is -2.43. The van der Waals surface area contributed by atoms with Gasteiger partial charge >= 0.3 is 0 Å². The first-order chi connectivity index (χ1) is 12.7. The van der Waals surface area contributed by atoms with Crippen molar-refractivity contribution in [3.05, 3.63) is 77.6 Å². The Morgan fingerprint density at radius 1 is 1.00 bits per heavy atom. The summed E-state index contributed by atoms with van der Waals surface area (Å²) < 4.78 is 0. The number of benzene rings is 2. The topological polar surface area (TPSA) is 35.2 Å². The van der Waals surface area contributed by atoms with Crippen LogP contribution in [0.5, 0.6) is 0 Å². The number of rotatable bonds is 4. The molecule has 134 valence electrons. The van der Waals surface area contributed by atoms with Crippen LogP contribution < -0.4 is 0 Å². The predicted octanol–water partition coefficient (Wildman–Crippen LogP) is 3.87. The number of aromatic nitrogens is 2. The Morgan fingerprint density at radius 2 is 1.69 bits per heavy atom. The van der Waals surface area contributed by atoms with Gasteiger partial charge in [-0.25, -0.2) is 4.98 Å². The van der Waals surface area contributed by atoms with Gasteiger partial charge in [-0.05, 0) is 19.5 Å². The van der Waals surface area contributed by atoms with E-state index in [0.29, 0.717) is 6.04 Å². The second kappa shape index (κ2) is 7.44. The Morgan fingerprint density at radius 3 is 2.42 bits per heavy atom. The van der Waals surface area contributed by atoms with Crippen molar-refractivity contribution in [3.8, 4) is 11.4 Å². The highest BCUT2D eigenvalue weighted by Gasteiger charge is 2.27. The van der Waals surface area contributed by atoms with Crippen LogP contribution >= 0.6 is 0 Å². The average Bonchev–Trinajstić information content (AvgIpc) is 3.05. The van der Waals surface area contributed by atoms with E-state index >= 15 is 0 Å². The van der Waals surface area contributed by atoms with Gasteiger partial charge in [0.25, 0.3) is 0 Å². The van der Waals surface area contributed by atoms with Gasteiger partial charge in [0.15, 0.2) is 0 Å². The van der Waals surface area contributed by atoms with E-state index in [0.717, 1.165) is 49.0 Å². The van der Waals surface area contributed by atoms with E-state index in [-0.39, 0.29) is 0 Å². The Kier molecular flexibility index (Phi) is 4.87. The summed E-state index contributed by atoms with van der Waals surface area (Å²) >= 11 is 0. The number of piperazine rings is 1. The zero-order valence-electron chi connectivity index (χ0n) is 15.5. The zero-order chi connectivity index (χ0) is 17.9. The van der Waals surface area contributed by atoms with Crippen molar-refractivity contribution in [3.63, 3.8) is 0 Å². The number of H-pyrrole nitrogens is 1. The largest absolute Gasteiger partial charge is 0.342 e. The molecule has 1 N–H and O–H groups in total. The molecule has 2 aromatic carbocycles. The molecule has 1 saturated heterocycles. The normalized spacial score (nSPS) is 18.9. The number of aryl methyl sites for hydroxylation is 1. The van der Waals surface area contributed by atoms with Gasteiger partial charge in [-0.2, -0.15) is 0 Å². The summed E-state index contributed by atoms with van der Waals surface area (Å²) in [6.07, 6.45) is 0. The van der Waals surface area contributed by atoms with Crippen LogP contribution in [0, 0.1) is 6.92 Å². The van der Waals surface area contributed by atoms with E-state index in [4.69, 9.17) is 4.98 Å². The third kappa shape index (κ3) is 3.57. The van der Waals surface area contributed by atoms with Crippen molar-refractivity contribution in [2.24, 2.45) is 0 Å². The van der Waals surface area contributed by atoms with Gasteiger partial charge in [-0.15, -0.1) is 0 Å². The van der Waals surface area contributed by atoms with Gasteiger partial charge in [0.05, 0.1) is 5.69 Å². The third-order valence-corrected chi connectivity index (χ3v) is 5.26. The molecule has 0 bridgehead atoms. The Balaban J connectivity index is 1.58. The highest BCUT2D eigenvalue weighted by Crippen LogP contribution is 2.27. The number of aromatic amines is 1. The van der Waals surface area contributed by atoms with Crippen LogP contribution in [-0.2, 0) is 6.54 Å². The smallest absolute Gasteiger partial charge is 0.137 e. The number of likely N-dealkylation sites (N-methyl/N-ethyl adjacent to an activating group) is 1. The van der Waals surface area contributed by atoms with Crippen molar-refractivity contribution in [2.45, 2.75) is 19.5 Å². The van der Waals surface area contributed by atoms with Crippen LogP contribution in [-0.4, -0.2) is 46.4 Å². The van der Waals surface area contributed by atoms with Crippen molar-refractivity contribution in [2.75, 3.05) is 26.7 Å². The van der Waals surface area contributed by atoms with Gasteiger partial charge < -0.3 is 9.88 Å². The molecule has 1 aliphatic rings. The fourth-order valence-corrected chi connectivity index (χ4v) is 3.71. The van der Waals surface area contributed by atoms with E-state index in [9.17, 15) is 0 Å². The monoisotopic (exact) mass is 346 g/mol. The molecule has 0 unspecified atom stereocenters. The van der Waals surface area contributed by atoms with Crippen LogP contribution in [0.4, 0.5) is 0 Å². The molecule has 1 fully saturated rings. The van der Waals surface area contributed by atoms with Gasteiger partial charge in [-0.3, -0.25) is 4.90 Å². The average molecular weight is 346 g/mol. The minimum atomic E-state index is 0.409. The molecule has 2 heterocycles. The summed E-state index contributed by atoms with van der Waals surface area (Å²) in [4.78, 5) is 13.4. The first-order valence-corrected chi connectivity index (χ1v) is 9.29. The van der Waals surface area contributed by atoms with Crippen LogP contribution in [0.2, 0.25) is 0 Å². The van der Waals surface area contributed by atoms with Crippen LogP contribution in [0.25, 0.3) is 11.4 Å². The van der Waals surface area contributed by atoms with Gasteiger partial charge in [0, 0.05) is 43.5 Å². The lowest BCUT2D eigenvalue weighted by molar-refractivity contribution is 0.0822. The molecule has 0 aliphatic carbocycles. The fraction of sp³-hybridized carbons (Fsp3) is 0.318. The predicted molar refractivity (Wildman–Crippen MR) is 106 cm³/mol. The van der Waals surface area contributed by atoms with Crippen molar-refractivity contribution < 1.29 is 0 Å². The van der Waals surface area contributed by atoms with Gasteiger partial charge in [-0.1, -0.05) is 60.7 Å². The summed E-state index contributed by atoms with van der Waals surface area (Å²) in [5.41, 5.74) is 4.83. The van der Waals surface area contributed by atoms with Crippen LogP contribution in [0.15, 0.2) is 60.7 Å². The van der Waals surface area contributed by atoms with E-state index in [1.807, 2.05) is 6.07 Å². The summed E-state index contributed by atoms with van der Waals surface area (Å²) in [7, 11) is 2.21. The molecule has 0 saturated carbocycles. The molecule has 0 radical (unpaired) electrons. The number of hydrogen-bond donors (Lipinski definition) is 1. The lowest BCUT2D eigenvalue weighted by Crippen LogP contribution is -2.46. The standard InChI is InChI=1S/C22H26N4/c1-17-20(24-22(23-17)19-11-7-4-8-12-19)15-26-14-13-25(2)16-21(26)18-9-5-3-6-10-18/h3-12,21H,13-16H2,1-2H3,(H,23,24)/t21-/m1/s1. The molecule has 4 heteroatoms. The number of imidazole rings is 1. The molecule has 4 rings (SSSR count). The minimum absolute atomic E-state index is 0.409. The molecule has 4 nitrogen and oxygen atoms in total. The van der Waals surface area contributed by atoms with Crippen molar-refractivity contribution in [1.82, 2.24) is 19.8 Å². The molecule has 3 aromatic rings. The van der Waals surface area contributed by atoms with E-state index in [2.05, 4.69) is 83.4 Å². The number of hydrogen-bond acceptors (Lipinski definition) is 3. The highest BCUT2D eigenvalue weighted by atomic mass is 15.3. The maximum Gasteiger partial charge on any atom is 0.137 e. The van der Waals surface area contributed by atoms with Crippen LogP contribution in [0.3, 0.4) is 0 Å². The molecule has 0 amide bonds. The minimum Gasteiger partial charge on any atom is -0.342 e. The molecule has 1 aromatic heterocycles. The molecule has 1 atom stereocenters. The third-order valence-electron chi connectivity index (χ3n) is 5.26. The summed E-state index contributed by atoms with van der Waals surface area (Å²) in [6, 6.07) is 21.6. The van der Waals surface area contributed by atoms with Gasteiger partial charge in [0.2, 0.25) is 0 Å². The zero-order valence-corrected chi connectivity index (χ0v) is 15.5. The molecular weight excluding hydrogens is 320 g/mol. The van der Waals surface area contributed by atoms with E-state index in [1.165, 1.54) is 5.56 Å². The number of nitrogens with one attached hydrogen (secondary N) is 1. The summed E-state index contributed by atoms with van der Waals surface area (Å²) in [5, 5.41) is 0. The van der Waals surface area contributed by atoms with Crippen molar-refractivity contribution in [1.29, 1.82) is 0 Å². The molecule has 0 spiro atoms. The van der Waals surface area contributed by atoms with E-state index < -0.39 is 0 Å². The second-order valence-corrected chi connectivity index (χ2v) is 7.18. The first kappa shape index (κ1) is 17.0. The fourth-order valence-electron chi connectivity index (χ4n) is 3.71. The SMILES string of the molecule is Cc1[nH]c(-c2ccccc2)nc1CN1CCN(C)C[C@@H]1c1ccccc1. The maximum atomic E-state index is 4.91. The Bertz CT molecular complexity index is 841. The Labute approximate surface area is 155 Å². The molecular formula is C22H26N4. The van der Waals surface area contributed by atoms with Gasteiger partial charge in [0.1, 0.15) is 5.82 Å². The maximum absolute atomic E-state index is 4.91. The summed E-state index contributed by atoms with van der Waals surface area (Å²) in [5.74, 6) is 0.962. The summed E-state index contributed by atoms with van der Waals surface area (Å²) in [6.45, 7) is 6.21. The first-order valence-electron chi connectivity index (χ1n) is 9.29. The highest BCUT2D eigenvalue weighted by molar-refractivity contribution is 5.55. The van der Waals surface area contributed by atoms with Crippen LogP contribution in [0.1, 0.15) is 23.0 Å². The second-order valence-electron chi connectivity index (χ2n) is 7.18. The molecule has 26 heavy (non-hydrogen) atoms. The lowest BCUT2D eigenvalue weighted by Gasteiger charge is -2.40. The van der Waals surface area contributed by atoms with Crippen molar-refractivity contribution >= 4 is 0 Å². The number of nitrogens with zero attached hydrogens (tertiary/aromatic N) is 3. The van der Waals surface area contributed by atoms with E-state index in [1.54, 1.807) is 0 Å². The molecule has 1 aliphatic heterocycles.